The van der Waals surface area contributed by atoms with Crippen molar-refractivity contribution in [1.29, 1.82) is 0 Å². The molecule has 0 aliphatic heterocycles. The maximum Gasteiger partial charge on any atom is 0.223 e. The molecular formula is C15H30N2O2. The average molecular weight is 270 g/mol. The van der Waals surface area contributed by atoms with Crippen LogP contribution in [0.25, 0.3) is 0 Å². The molecule has 0 spiro atoms. The first-order valence-corrected chi connectivity index (χ1v) is 7.62. The van der Waals surface area contributed by atoms with Gasteiger partial charge in [-0.3, -0.25) is 9.59 Å². The Morgan fingerprint density at radius 2 is 1.37 bits per heavy atom. The SMILES string of the molecule is CCCC(CCC)C(=O)NCCNC(=O)C(C)CC. The van der Waals surface area contributed by atoms with Gasteiger partial charge >= 0.3 is 0 Å². The van der Waals surface area contributed by atoms with E-state index in [0.717, 1.165) is 32.1 Å². The summed E-state index contributed by atoms with van der Waals surface area (Å²) in [7, 11) is 0. The normalized spacial score (nSPS) is 12.3. The first-order valence-electron chi connectivity index (χ1n) is 7.62. The molecule has 0 radical (unpaired) electrons. The molecule has 2 amide bonds. The summed E-state index contributed by atoms with van der Waals surface area (Å²) in [6.07, 6.45) is 4.79. The lowest BCUT2D eigenvalue weighted by molar-refractivity contribution is -0.126. The molecular weight excluding hydrogens is 240 g/mol. The highest BCUT2D eigenvalue weighted by molar-refractivity contribution is 5.79. The van der Waals surface area contributed by atoms with E-state index in [1.165, 1.54) is 0 Å². The second kappa shape index (κ2) is 10.8. The molecule has 0 aliphatic carbocycles. The second-order valence-corrected chi connectivity index (χ2v) is 5.17. The maximum absolute atomic E-state index is 11.9. The summed E-state index contributed by atoms with van der Waals surface area (Å²) in [6.45, 7) is 9.13. The third-order valence-corrected chi connectivity index (χ3v) is 3.43. The van der Waals surface area contributed by atoms with E-state index < -0.39 is 0 Å². The molecule has 0 bridgehead atoms. The Labute approximate surface area is 117 Å². The molecule has 0 saturated carbocycles. The van der Waals surface area contributed by atoms with E-state index in [-0.39, 0.29) is 23.7 Å². The second-order valence-electron chi connectivity index (χ2n) is 5.17. The minimum Gasteiger partial charge on any atom is -0.354 e. The highest BCUT2D eigenvalue weighted by Gasteiger charge is 2.16. The minimum atomic E-state index is 0.0450. The monoisotopic (exact) mass is 270 g/mol. The first-order chi connectivity index (χ1) is 9.06. The number of amides is 2. The molecule has 0 fully saturated rings. The molecule has 0 aromatic rings. The summed E-state index contributed by atoms with van der Waals surface area (Å²) in [6, 6.07) is 0. The molecule has 4 heteroatoms. The lowest BCUT2D eigenvalue weighted by Gasteiger charge is -2.16. The van der Waals surface area contributed by atoms with Crippen molar-refractivity contribution in [2.75, 3.05) is 13.1 Å². The maximum atomic E-state index is 11.9. The summed E-state index contributed by atoms with van der Waals surface area (Å²) >= 11 is 0. The van der Waals surface area contributed by atoms with E-state index in [0.29, 0.717) is 13.1 Å². The lowest BCUT2D eigenvalue weighted by Crippen LogP contribution is -2.39. The minimum absolute atomic E-state index is 0.0450. The fourth-order valence-electron chi connectivity index (χ4n) is 1.98. The van der Waals surface area contributed by atoms with Gasteiger partial charge in [-0.2, -0.15) is 0 Å². The van der Waals surface area contributed by atoms with Crippen molar-refractivity contribution < 1.29 is 9.59 Å². The van der Waals surface area contributed by atoms with Crippen molar-refractivity contribution in [3.05, 3.63) is 0 Å². The zero-order chi connectivity index (χ0) is 14.7. The van der Waals surface area contributed by atoms with Gasteiger partial charge in [0.1, 0.15) is 0 Å². The Bertz CT molecular complexity index is 261. The Kier molecular flexibility index (Phi) is 10.2. The van der Waals surface area contributed by atoms with Gasteiger partial charge in [0, 0.05) is 24.9 Å². The quantitative estimate of drug-likeness (QED) is 0.599. The van der Waals surface area contributed by atoms with Crippen molar-refractivity contribution in [2.24, 2.45) is 11.8 Å². The molecule has 1 unspecified atom stereocenters. The zero-order valence-corrected chi connectivity index (χ0v) is 12.9. The van der Waals surface area contributed by atoms with Crippen molar-refractivity contribution in [3.8, 4) is 0 Å². The van der Waals surface area contributed by atoms with Crippen LogP contribution in [0.1, 0.15) is 59.8 Å². The molecule has 0 aliphatic rings. The van der Waals surface area contributed by atoms with Gasteiger partial charge in [-0.15, -0.1) is 0 Å². The first kappa shape index (κ1) is 17.9. The molecule has 112 valence electrons. The Hall–Kier alpha value is -1.06. The third-order valence-electron chi connectivity index (χ3n) is 3.43. The average Bonchev–Trinajstić information content (AvgIpc) is 2.41. The molecule has 2 N–H and O–H groups in total. The largest absolute Gasteiger partial charge is 0.354 e. The molecule has 1 atom stereocenters. The van der Waals surface area contributed by atoms with E-state index >= 15 is 0 Å². The smallest absolute Gasteiger partial charge is 0.223 e. The number of nitrogens with one attached hydrogen (secondary N) is 2. The number of carbonyl (C=O) groups excluding carboxylic acids is 2. The van der Waals surface area contributed by atoms with Gasteiger partial charge in [-0.25, -0.2) is 0 Å². The molecule has 0 saturated heterocycles. The van der Waals surface area contributed by atoms with Crippen LogP contribution in [0.4, 0.5) is 0 Å². The van der Waals surface area contributed by atoms with Crippen molar-refractivity contribution in [2.45, 2.75) is 59.8 Å². The van der Waals surface area contributed by atoms with Crippen molar-refractivity contribution >= 4 is 11.8 Å². The summed E-state index contributed by atoms with van der Waals surface area (Å²) in [5.74, 6) is 0.362. The van der Waals surface area contributed by atoms with Crippen LogP contribution in [-0.4, -0.2) is 24.9 Å². The summed E-state index contributed by atoms with van der Waals surface area (Å²) in [5.41, 5.74) is 0. The summed E-state index contributed by atoms with van der Waals surface area (Å²) in [5, 5.41) is 5.75. The predicted octanol–water partition coefficient (Wildman–Crippen LogP) is 2.48. The highest BCUT2D eigenvalue weighted by Crippen LogP contribution is 2.13. The van der Waals surface area contributed by atoms with E-state index in [1.54, 1.807) is 0 Å². The van der Waals surface area contributed by atoms with Crippen LogP contribution in [0.15, 0.2) is 0 Å². The molecule has 0 rings (SSSR count). The lowest BCUT2D eigenvalue weighted by atomic mass is 9.97. The van der Waals surface area contributed by atoms with E-state index in [9.17, 15) is 9.59 Å². The van der Waals surface area contributed by atoms with Crippen LogP contribution in [0.3, 0.4) is 0 Å². The van der Waals surface area contributed by atoms with Gasteiger partial charge in [0.15, 0.2) is 0 Å². The summed E-state index contributed by atoms with van der Waals surface area (Å²) in [4.78, 5) is 23.5. The van der Waals surface area contributed by atoms with E-state index in [4.69, 9.17) is 0 Å². The Morgan fingerprint density at radius 3 is 1.79 bits per heavy atom. The Balaban J connectivity index is 3.86. The molecule has 0 aromatic carbocycles. The van der Waals surface area contributed by atoms with Gasteiger partial charge in [-0.05, 0) is 19.3 Å². The van der Waals surface area contributed by atoms with E-state index in [1.807, 2.05) is 13.8 Å². The topological polar surface area (TPSA) is 58.2 Å². The van der Waals surface area contributed by atoms with Crippen LogP contribution in [0.2, 0.25) is 0 Å². The fraction of sp³-hybridized carbons (Fsp3) is 0.867. The van der Waals surface area contributed by atoms with Gasteiger partial charge < -0.3 is 10.6 Å². The van der Waals surface area contributed by atoms with Gasteiger partial charge in [0.2, 0.25) is 11.8 Å². The number of hydrogen-bond donors (Lipinski definition) is 2. The molecule has 0 heterocycles. The molecule has 19 heavy (non-hydrogen) atoms. The van der Waals surface area contributed by atoms with Gasteiger partial charge in [-0.1, -0.05) is 40.5 Å². The van der Waals surface area contributed by atoms with Crippen LogP contribution in [0.5, 0.6) is 0 Å². The van der Waals surface area contributed by atoms with Crippen molar-refractivity contribution in [3.63, 3.8) is 0 Å². The fourth-order valence-corrected chi connectivity index (χ4v) is 1.98. The van der Waals surface area contributed by atoms with Gasteiger partial charge in [0.05, 0.1) is 0 Å². The number of carbonyl (C=O) groups is 2. The Morgan fingerprint density at radius 1 is 0.895 bits per heavy atom. The summed E-state index contributed by atoms with van der Waals surface area (Å²) < 4.78 is 0. The number of hydrogen-bond acceptors (Lipinski definition) is 2. The molecule has 0 aromatic heterocycles. The van der Waals surface area contributed by atoms with Gasteiger partial charge in [0.25, 0.3) is 0 Å². The van der Waals surface area contributed by atoms with Crippen molar-refractivity contribution in [1.82, 2.24) is 10.6 Å². The number of rotatable bonds is 10. The standard InChI is InChI=1S/C15H30N2O2/c1-5-8-13(9-6-2)15(19)17-11-10-16-14(18)12(4)7-3/h12-13H,5-11H2,1-4H3,(H,16,18)(H,17,19). The van der Waals surface area contributed by atoms with E-state index in [2.05, 4.69) is 24.5 Å². The van der Waals surface area contributed by atoms with Crippen LogP contribution < -0.4 is 10.6 Å². The molecule has 4 nitrogen and oxygen atoms in total. The zero-order valence-electron chi connectivity index (χ0n) is 12.9. The predicted molar refractivity (Wildman–Crippen MR) is 78.8 cm³/mol. The highest BCUT2D eigenvalue weighted by atomic mass is 16.2. The van der Waals surface area contributed by atoms with Crippen LogP contribution in [-0.2, 0) is 9.59 Å². The van der Waals surface area contributed by atoms with Crippen LogP contribution >= 0.6 is 0 Å². The van der Waals surface area contributed by atoms with Crippen LogP contribution in [0, 0.1) is 11.8 Å². The third kappa shape index (κ3) is 7.85.